The molecule has 2 rings (SSSR count). The average Bonchev–Trinajstić information content (AvgIpc) is 2.67. The zero-order valence-electron chi connectivity index (χ0n) is 8.32. The molecule has 0 N–H and O–H groups in total. The summed E-state index contributed by atoms with van der Waals surface area (Å²) in [4.78, 5) is 4.25. The molecule has 3 heteroatoms. The fourth-order valence-corrected chi connectivity index (χ4v) is 1.21. The standard InChI is InChI=1S/C11H12N2O/c1-3-10-12-11(14-13-10)9-6-4-8(2)5-7-9/h4-7H,3H2,1-2H3. The van der Waals surface area contributed by atoms with E-state index in [9.17, 15) is 0 Å². The first-order chi connectivity index (χ1) is 6.79. The molecular weight excluding hydrogens is 176 g/mol. The van der Waals surface area contributed by atoms with Crippen LogP contribution < -0.4 is 0 Å². The molecule has 0 fully saturated rings. The Labute approximate surface area is 82.8 Å². The summed E-state index contributed by atoms with van der Waals surface area (Å²) in [7, 11) is 0. The molecule has 0 amide bonds. The van der Waals surface area contributed by atoms with Crippen molar-refractivity contribution < 1.29 is 4.52 Å². The van der Waals surface area contributed by atoms with Crippen LogP contribution in [-0.4, -0.2) is 10.1 Å². The molecule has 0 saturated carbocycles. The molecule has 0 atom stereocenters. The van der Waals surface area contributed by atoms with Crippen molar-refractivity contribution in [3.63, 3.8) is 0 Å². The Morgan fingerprint density at radius 3 is 2.50 bits per heavy atom. The largest absolute Gasteiger partial charge is 0.334 e. The molecular formula is C11H12N2O. The molecule has 3 nitrogen and oxygen atoms in total. The predicted octanol–water partition coefficient (Wildman–Crippen LogP) is 2.61. The van der Waals surface area contributed by atoms with Gasteiger partial charge in [0.05, 0.1) is 0 Å². The van der Waals surface area contributed by atoms with E-state index in [2.05, 4.69) is 17.1 Å². The SMILES string of the molecule is CCc1noc(-c2ccc(C)cc2)n1. The third kappa shape index (κ3) is 1.66. The van der Waals surface area contributed by atoms with Gasteiger partial charge < -0.3 is 4.52 Å². The van der Waals surface area contributed by atoms with Crippen molar-refractivity contribution in [2.45, 2.75) is 20.3 Å². The highest BCUT2D eigenvalue weighted by Gasteiger charge is 2.06. The zero-order chi connectivity index (χ0) is 9.97. The van der Waals surface area contributed by atoms with Gasteiger partial charge in [0.15, 0.2) is 5.82 Å². The summed E-state index contributed by atoms with van der Waals surface area (Å²) in [6.07, 6.45) is 0.801. The van der Waals surface area contributed by atoms with Crippen LogP contribution in [0.1, 0.15) is 18.3 Å². The fraction of sp³-hybridized carbons (Fsp3) is 0.273. The predicted molar refractivity (Wildman–Crippen MR) is 53.8 cm³/mol. The maximum Gasteiger partial charge on any atom is 0.257 e. The minimum atomic E-state index is 0.599. The van der Waals surface area contributed by atoms with Crippen molar-refractivity contribution in [2.75, 3.05) is 0 Å². The summed E-state index contributed by atoms with van der Waals surface area (Å²) in [5.74, 6) is 1.35. The van der Waals surface area contributed by atoms with Crippen LogP contribution in [0.5, 0.6) is 0 Å². The summed E-state index contributed by atoms with van der Waals surface area (Å²) < 4.78 is 5.12. The molecule has 2 aromatic rings. The van der Waals surface area contributed by atoms with E-state index in [1.54, 1.807) is 0 Å². The number of aromatic nitrogens is 2. The second kappa shape index (κ2) is 3.62. The number of hydrogen-bond acceptors (Lipinski definition) is 3. The zero-order valence-corrected chi connectivity index (χ0v) is 8.32. The van der Waals surface area contributed by atoms with Crippen molar-refractivity contribution in [1.82, 2.24) is 10.1 Å². The van der Waals surface area contributed by atoms with Crippen molar-refractivity contribution in [3.05, 3.63) is 35.7 Å². The lowest BCUT2D eigenvalue weighted by Crippen LogP contribution is -1.82. The van der Waals surface area contributed by atoms with Gasteiger partial charge in [-0.1, -0.05) is 29.8 Å². The van der Waals surface area contributed by atoms with Gasteiger partial charge in [-0.25, -0.2) is 0 Å². The van der Waals surface area contributed by atoms with Crippen LogP contribution in [0, 0.1) is 6.92 Å². The van der Waals surface area contributed by atoms with Gasteiger partial charge in [-0.15, -0.1) is 0 Å². The van der Waals surface area contributed by atoms with Crippen LogP contribution in [0.3, 0.4) is 0 Å². The molecule has 14 heavy (non-hydrogen) atoms. The van der Waals surface area contributed by atoms with E-state index in [-0.39, 0.29) is 0 Å². The lowest BCUT2D eigenvalue weighted by Gasteiger charge is -1.93. The molecule has 0 aliphatic rings. The van der Waals surface area contributed by atoms with E-state index >= 15 is 0 Å². The van der Waals surface area contributed by atoms with E-state index in [1.807, 2.05) is 31.2 Å². The minimum Gasteiger partial charge on any atom is -0.334 e. The lowest BCUT2D eigenvalue weighted by atomic mass is 10.1. The van der Waals surface area contributed by atoms with Gasteiger partial charge in [-0.3, -0.25) is 0 Å². The first-order valence-electron chi connectivity index (χ1n) is 4.69. The molecule has 1 aromatic heterocycles. The number of rotatable bonds is 2. The molecule has 0 aliphatic carbocycles. The normalized spacial score (nSPS) is 10.4. The van der Waals surface area contributed by atoms with Crippen LogP contribution in [0.15, 0.2) is 28.8 Å². The molecule has 1 heterocycles. The van der Waals surface area contributed by atoms with E-state index in [1.165, 1.54) is 5.56 Å². The summed E-state index contributed by atoms with van der Waals surface area (Å²) in [6, 6.07) is 8.04. The molecule has 0 aliphatic heterocycles. The average molecular weight is 188 g/mol. The third-order valence-corrected chi connectivity index (χ3v) is 2.08. The molecule has 1 aromatic carbocycles. The van der Waals surface area contributed by atoms with Crippen LogP contribution in [-0.2, 0) is 6.42 Å². The van der Waals surface area contributed by atoms with Gasteiger partial charge in [-0.05, 0) is 19.1 Å². The van der Waals surface area contributed by atoms with E-state index < -0.39 is 0 Å². The number of hydrogen-bond donors (Lipinski definition) is 0. The first kappa shape index (κ1) is 8.94. The fourth-order valence-electron chi connectivity index (χ4n) is 1.21. The van der Waals surface area contributed by atoms with Crippen LogP contribution in [0.2, 0.25) is 0 Å². The highest BCUT2D eigenvalue weighted by Crippen LogP contribution is 2.17. The Kier molecular flexibility index (Phi) is 2.31. The molecule has 72 valence electrons. The third-order valence-electron chi connectivity index (χ3n) is 2.08. The van der Waals surface area contributed by atoms with Crippen LogP contribution >= 0.6 is 0 Å². The van der Waals surface area contributed by atoms with Crippen LogP contribution in [0.25, 0.3) is 11.5 Å². The Balaban J connectivity index is 2.34. The Morgan fingerprint density at radius 1 is 1.21 bits per heavy atom. The van der Waals surface area contributed by atoms with Gasteiger partial charge in [0, 0.05) is 12.0 Å². The monoisotopic (exact) mass is 188 g/mol. The quantitative estimate of drug-likeness (QED) is 0.727. The van der Waals surface area contributed by atoms with Gasteiger partial charge in [0.1, 0.15) is 0 Å². The van der Waals surface area contributed by atoms with Crippen molar-refractivity contribution in [2.24, 2.45) is 0 Å². The molecule has 0 unspecified atom stereocenters. The van der Waals surface area contributed by atoms with Gasteiger partial charge >= 0.3 is 0 Å². The molecule has 0 radical (unpaired) electrons. The Hall–Kier alpha value is -1.64. The number of benzene rings is 1. The summed E-state index contributed by atoms with van der Waals surface area (Å²) >= 11 is 0. The van der Waals surface area contributed by atoms with Gasteiger partial charge in [0.25, 0.3) is 5.89 Å². The summed E-state index contributed by atoms with van der Waals surface area (Å²) in [6.45, 7) is 4.05. The second-order valence-electron chi connectivity index (χ2n) is 3.24. The first-order valence-corrected chi connectivity index (χ1v) is 4.69. The van der Waals surface area contributed by atoms with E-state index in [0.29, 0.717) is 5.89 Å². The van der Waals surface area contributed by atoms with Crippen LogP contribution in [0.4, 0.5) is 0 Å². The highest BCUT2D eigenvalue weighted by molar-refractivity contribution is 5.52. The summed E-state index contributed by atoms with van der Waals surface area (Å²) in [5, 5.41) is 3.85. The van der Waals surface area contributed by atoms with E-state index in [0.717, 1.165) is 17.8 Å². The van der Waals surface area contributed by atoms with Crippen molar-refractivity contribution >= 4 is 0 Å². The smallest absolute Gasteiger partial charge is 0.257 e. The highest BCUT2D eigenvalue weighted by atomic mass is 16.5. The lowest BCUT2D eigenvalue weighted by molar-refractivity contribution is 0.423. The van der Waals surface area contributed by atoms with E-state index in [4.69, 9.17) is 4.52 Å². The van der Waals surface area contributed by atoms with Gasteiger partial charge in [-0.2, -0.15) is 4.98 Å². The number of aryl methyl sites for hydroxylation is 2. The Morgan fingerprint density at radius 2 is 1.93 bits per heavy atom. The number of nitrogens with zero attached hydrogens (tertiary/aromatic N) is 2. The van der Waals surface area contributed by atoms with Crippen molar-refractivity contribution in [1.29, 1.82) is 0 Å². The minimum absolute atomic E-state index is 0.599. The summed E-state index contributed by atoms with van der Waals surface area (Å²) in [5.41, 5.74) is 2.20. The maximum absolute atomic E-state index is 5.12. The molecule has 0 spiro atoms. The maximum atomic E-state index is 5.12. The Bertz CT molecular complexity index is 417. The molecule has 0 bridgehead atoms. The topological polar surface area (TPSA) is 38.9 Å². The molecule has 0 saturated heterocycles. The second-order valence-corrected chi connectivity index (χ2v) is 3.24. The van der Waals surface area contributed by atoms with Crippen molar-refractivity contribution in [3.8, 4) is 11.5 Å². The van der Waals surface area contributed by atoms with Gasteiger partial charge in [0.2, 0.25) is 0 Å².